The van der Waals surface area contributed by atoms with Crippen molar-refractivity contribution in [2.75, 3.05) is 6.54 Å². The van der Waals surface area contributed by atoms with Crippen LogP contribution in [0.5, 0.6) is 0 Å². The molecule has 2 N–H and O–H groups in total. The largest absolute Gasteiger partial charge is 0.392 e. The summed E-state index contributed by atoms with van der Waals surface area (Å²) >= 11 is 0. The van der Waals surface area contributed by atoms with Crippen LogP contribution in [0.25, 0.3) is 0 Å². The minimum Gasteiger partial charge on any atom is -0.392 e. The van der Waals surface area contributed by atoms with Crippen molar-refractivity contribution < 1.29 is 9.90 Å². The first-order chi connectivity index (χ1) is 6.11. The highest BCUT2D eigenvalue weighted by atomic mass is 16.3. The molecule has 3 atom stereocenters. The van der Waals surface area contributed by atoms with E-state index in [-0.39, 0.29) is 11.8 Å². The van der Waals surface area contributed by atoms with Gasteiger partial charge in [-0.1, -0.05) is 13.3 Å². The van der Waals surface area contributed by atoms with Gasteiger partial charge in [-0.2, -0.15) is 0 Å². The summed E-state index contributed by atoms with van der Waals surface area (Å²) in [5, 5.41) is 11.8. The molecular weight excluding hydrogens is 166 g/mol. The first kappa shape index (κ1) is 10.5. The zero-order chi connectivity index (χ0) is 9.84. The second-order valence-electron chi connectivity index (χ2n) is 4.11. The molecule has 1 rings (SSSR count). The summed E-state index contributed by atoms with van der Waals surface area (Å²) in [6, 6.07) is 0. The molecule has 0 aromatic rings. The lowest BCUT2D eigenvalue weighted by atomic mass is 9.97. The average Bonchev–Trinajstić information content (AvgIpc) is 2.47. The predicted octanol–water partition coefficient (Wildman–Crippen LogP) is 0.920. The lowest BCUT2D eigenvalue weighted by Gasteiger charge is -2.15. The van der Waals surface area contributed by atoms with Gasteiger partial charge in [-0.15, -0.1) is 0 Å². The second kappa shape index (κ2) is 4.61. The van der Waals surface area contributed by atoms with Gasteiger partial charge in [0, 0.05) is 12.5 Å². The van der Waals surface area contributed by atoms with Crippen molar-refractivity contribution in [3.05, 3.63) is 0 Å². The average molecular weight is 185 g/mol. The monoisotopic (exact) mass is 185 g/mol. The Kier molecular flexibility index (Phi) is 3.72. The van der Waals surface area contributed by atoms with Gasteiger partial charge in [-0.05, 0) is 25.7 Å². The highest BCUT2D eigenvalue weighted by molar-refractivity contribution is 5.79. The van der Waals surface area contributed by atoms with Crippen LogP contribution in [-0.2, 0) is 4.79 Å². The summed E-state index contributed by atoms with van der Waals surface area (Å²) in [4.78, 5) is 11.5. The van der Waals surface area contributed by atoms with E-state index in [2.05, 4.69) is 12.2 Å². The maximum absolute atomic E-state index is 11.5. The van der Waals surface area contributed by atoms with Crippen LogP contribution in [0, 0.1) is 11.8 Å². The molecule has 0 aliphatic heterocycles. The molecule has 1 saturated carbocycles. The number of aliphatic hydroxyl groups is 1. The predicted molar refractivity (Wildman–Crippen MR) is 51.2 cm³/mol. The summed E-state index contributed by atoms with van der Waals surface area (Å²) in [5.41, 5.74) is 0. The van der Waals surface area contributed by atoms with Gasteiger partial charge in [0.25, 0.3) is 0 Å². The Bertz CT molecular complexity index is 180. The summed E-state index contributed by atoms with van der Waals surface area (Å²) in [6.45, 7) is 4.18. The SMILES string of the molecule is CC(O)CNC(=O)C1CCCC1C. The fraction of sp³-hybridized carbons (Fsp3) is 0.900. The number of aliphatic hydroxyl groups excluding tert-OH is 1. The molecule has 0 aromatic heterocycles. The smallest absolute Gasteiger partial charge is 0.223 e. The van der Waals surface area contributed by atoms with E-state index < -0.39 is 6.10 Å². The van der Waals surface area contributed by atoms with E-state index in [1.165, 1.54) is 0 Å². The van der Waals surface area contributed by atoms with Crippen LogP contribution in [0.4, 0.5) is 0 Å². The van der Waals surface area contributed by atoms with E-state index in [4.69, 9.17) is 5.11 Å². The third kappa shape index (κ3) is 2.99. The molecule has 3 unspecified atom stereocenters. The molecular formula is C10H19NO2. The third-order valence-electron chi connectivity index (χ3n) is 2.77. The van der Waals surface area contributed by atoms with Crippen LogP contribution in [0.15, 0.2) is 0 Å². The number of carbonyl (C=O) groups excluding carboxylic acids is 1. The van der Waals surface area contributed by atoms with Gasteiger partial charge in [-0.3, -0.25) is 4.79 Å². The van der Waals surface area contributed by atoms with Crippen LogP contribution in [0.3, 0.4) is 0 Å². The Morgan fingerprint density at radius 3 is 2.77 bits per heavy atom. The Hall–Kier alpha value is -0.570. The van der Waals surface area contributed by atoms with Crippen molar-refractivity contribution in [3.63, 3.8) is 0 Å². The molecule has 0 heterocycles. The van der Waals surface area contributed by atoms with Crippen molar-refractivity contribution in [1.29, 1.82) is 0 Å². The molecule has 13 heavy (non-hydrogen) atoms. The quantitative estimate of drug-likeness (QED) is 0.687. The molecule has 3 nitrogen and oxygen atoms in total. The standard InChI is InChI=1S/C10H19NO2/c1-7-4-3-5-9(7)10(13)11-6-8(2)12/h7-9,12H,3-6H2,1-2H3,(H,11,13). The molecule has 1 amide bonds. The molecule has 0 spiro atoms. The van der Waals surface area contributed by atoms with E-state index in [0.29, 0.717) is 12.5 Å². The molecule has 0 bridgehead atoms. The topological polar surface area (TPSA) is 49.3 Å². The van der Waals surface area contributed by atoms with Crippen molar-refractivity contribution in [2.24, 2.45) is 11.8 Å². The van der Waals surface area contributed by atoms with E-state index in [0.717, 1.165) is 19.3 Å². The highest BCUT2D eigenvalue weighted by Gasteiger charge is 2.29. The molecule has 0 aromatic carbocycles. The van der Waals surface area contributed by atoms with Gasteiger partial charge in [0.2, 0.25) is 5.91 Å². The molecule has 76 valence electrons. The van der Waals surface area contributed by atoms with E-state index in [1.807, 2.05) is 0 Å². The third-order valence-corrected chi connectivity index (χ3v) is 2.77. The normalized spacial score (nSPS) is 30.1. The molecule has 3 heteroatoms. The minimum atomic E-state index is -0.444. The number of hydrogen-bond donors (Lipinski definition) is 2. The number of rotatable bonds is 3. The van der Waals surface area contributed by atoms with Gasteiger partial charge >= 0.3 is 0 Å². The summed E-state index contributed by atoms with van der Waals surface area (Å²) in [7, 11) is 0. The molecule has 0 saturated heterocycles. The number of nitrogens with one attached hydrogen (secondary N) is 1. The fourth-order valence-electron chi connectivity index (χ4n) is 1.91. The number of hydrogen-bond acceptors (Lipinski definition) is 2. The number of carbonyl (C=O) groups is 1. The first-order valence-corrected chi connectivity index (χ1v) is 5.07. The Morgan fingerprint density at radius 2 is 2.31 bits per heavy atom. The van der Waals surface area contributed by atoms with E-state index in [9.17, 15) is 4.79 Å². The maximum Gasteiger partial charge on any atom is 0.223 e. The Morgan fingerprint density at radius 1 is 1.62 bits per heavy atom. The zero-order valence-corrected chi connectivity index (χ0v) is 8.42. The van der Waals surface area contributed by atoms with Crippen molar-refractivity contribution in [1.82, 2.24) is 5.32 Å². The summed E-state index contributed by atoms with van der Waals surface area (Å²) in [6.07, 6.45) is 2.88. The van der Waals surface area contributed by atoms with Crippen LogP contribution in [0.2, 0.25) is 0 Å². The Balaban J connectivity index is 2.30. The highest BCUT2D eigenvalue weighted by Crippen LogP contribution is 2.30. The van der Waals surface area contributed by atoms with Crippen molar-refractivity contribution in [2.45, 2.75) is 39.2 Å². The maximum atomic E-state index is 11.5. The second-order valence-corrected chi connectivity index (χ2v) is 4.11. The van der Waals surface area contributed by atoms with Crippen molar-refractivity contribution in [3.8, 4) is 0 Å². The van der Waals surface area contributed by atoms with Gasteiger partial charge in [-0.25, -0.2) is 0 Å². The zero-order valence-electron chi connectivity index (χ0n) is 8.42. The first-order valence-electron chi connectivity index (χ1n) is 5.07. The van der Waals surface area contributed by atoms with Gasteiger partial charge in [0.15, 0.2) is 0 Å². The van der Waals surface area contributed by atoms with Crippen molar-refractivity contribution >= 4 is 5.91 Å². The number of amides is 1. The Labute approximate surface area is 79.5 Å². The van der Waals surface area contributed by atoms with Gasteiger partial charge in [0.1, 0.15) is 0 Å². The fourth-order valence-corrected chi connectivity index (χ4v) is 1.91. The lowest BCUT2D eigenvalue weighted by molar-refractivity contribution is -0.126. The molecule has 1 aliphatic carbocycles. The van der Waals surface area contributed by atoms with Crippen LogP contribution >= 0.6 is 0 Å². The molecule has 0 radical (unpaired) electrons. The van der Waals surface area contributed by atoms with Crippen LogP contribution in [-0.4, -0.2) is 23.7 Å². The minimum absolute atomic E-state index is 0.117. The summed E-state index contributed by atoms with van der Waals surface area (Å²) in [5.74, 6) is 0.804. The molecule has 1 fully saturated rings. The van der Waals surface area contributed by atoms with Crippen LogP contribution in [0.1, 0.15) is 33.1 Å². The van der Waals surface area contributed by atoms with Gasteiger partial charge in [0.05, 0.1) is 6.10 Å². The van der Waals surface area contributed by atoms with Gasteiger partial charge < -0.3 is 10.4 Å². The van der Waals surface area contributed by atoms with E-state index >= 15 is 0 Å². The van der Waals surface area contributed by atoms with E-state index in [1.54, 1.807) is 6.92 Å². The lowest BCUT2D eigenvalue weighted by Crippen LogP contribution is -2.36. The molecule has 1 aliphatic rings. The van der Waals surface area contributed by atoms with Crippen LogP contribution < -0.4 is 5.32 Å². The summed E-state index contributed by atoms with van der Waals surface area (Å²) < 4.78 is 0.